The maximum absolute atomic E-state index is 13.1. The smallest absolute Gasteiger partial charge is 0.431 e. The van der Waals surface area contributed by atoms with Gasteiger partial charge in [-0.15, -0.1) is 0 Å². The number of halogens is 1. The molecule has 34 heavy (non-hydrogen) atoms. The van der Waals surface area contributed by atoms with E-state index >= 15 is 0 Å². The van der Waals surface area contributed by atoms with E-state index in [0.29, 0.717) is 5.56 Å². The average Bonchev–Trinajstić information content (AvgIpc) is 2.79. The maximum atomic E-state index is 13.1. The number of pyridine rings is 1. The SMILES string of the molecule is CC(C)CC(NC(=O)C(NC(=O)c1ccccn1)OC(=O)[C@@H](N)Cc1ccc(F)cc1)B(O)O. The Kier molecular flexibility index (Phi) is 10.1. The number of benzene rings is 1. The number of amides is 2. The lowest BCUT2D eigenvalue weighted by Gasteiger charge is -2.24. The van der Waals surface area contributed by atoms with Crippen LogP contribution in [0.3, 0.4) is 0 Å². The Labute approximate surface area is 196 Å². The number of rotatable bonds is 11. The third-order valence-corrected chi connectivity index (χ3v) is 4.72. The standard InChI is InChI=1S/C22H28BFN4O6/c1-13(2)11-18(23(32)33)27-20(30)21(28-19(29)17-5-3-4-10-26-17)34-22(31)16(25)12-14-6-8-15(24)9-7-14/h3-10,13,16,18,21,32-33H,11-12,25H2,1-2H3,(H,27,30)(H,28,29)/t16-,18?,21?/m0/s1. The highest BCUT2D eigenvalue weighted by molar-refractivity contribution is 6.43. The highest BCUT2D eigenvalue weighted by Gasteiger charge is 2.33. The second-order valence-electron chi connectivity index (χ2n) is 8.10. The molecule has 3 atom stereocenters. The number of carbonyl (C=O) groups excluding carboxylic acids is 3. The van der Waals surface area contributed by atoms with Crippen molar-refractivity contribution in [2.24, 2.45) is 11.7 Å². The molecule has 0 spiro atoms. The molecular formula is C22H28BFN4O6. The van der Waals surface area contributed by atoms with Crippen molar-refractivity contribution in [2.75, 3.05) is 0 Å². The predicted molar refractivity (Wildman–Crippen MR) is 121 cm³/mol. The molecule has 0 saturated carbocycles. The summed E-state index contributed by atoms with van der Waals surface area (Å²) in [5.74, 6) is -4.31. The van der Waals surface area contributed by atoms with Gasteiger partial charge in [-0.05, 0) is 48.6 Å². The summed E-state index contributed by atoms with van der Waals surface area (Å²) in [5.41, 5.74) is 6.41. The fourth-order valence-corrected chi connectivity index (χ4v) is 3.02. The van der Waals surface area contributed by atoms with Crippen molar-refractivity contribution in [3.8, 4) is 0 Å². The van der Waals surface area contributed by atoms with Crippen molar-refractivity contribution in [3.63, 3.8) is 0 Å². The molecule has 1 heterocycles. The van der Waals surface area contributed by atoms with E-state index in [0.717, 1.165) is 0 Å². The van der Waals surface area contributed by atoms with Crippen LogP contribution in [0.15, 0.2) is 48.7 Å². The van der Waals surface area contributed by atoms with Gasteiger partial charge in [0.1, 0.15) is 17.6 Å². The van der Waals surface area contributed by atoms with E-state index in [1.807, 2.05) is 13.8 Å². The zero-order chi connectivity index (χ0) is 25.3. The third kappa shape index (κ3) is 8.54. The summed E-state index contributed by atoms with van der Waals surface area (Å²) in [5, 5.41) is 23.8. The van der Waals surface area contributed by atoms with Crippen LogP contribution in [0.2, 0.25) is 0 Å². The Morgan fingerprint density at radius 2 is 1.79 bits per heavy atom. The van der Waals surface area contributed by atoms with E-state index in [4.69, 9.17) is 10.5 Å². The van der Waals surface area contributed by atoms with Crippen LogP contribution in [-0.4, -0.2) is 58.1 Å². The molecule has 2 rings (SSSR count). The van der Waals surface area contributed by atoms with Crippen LogP contribution in [0, 0.1) is 11.7 Å². The molecule has 0 bridgehead atoms. The van der Waals surface area contributed by atoms with Crippen molar-refractivity contribution in [1.82, 2.24) is 15.6 Å². The van der Waals surface area contributed by atoms with Gasteiger partial charge in [0.05, 0.1) is 5.94 Å². The number of hydrogen-bond donors (Lipinski definition) is 5. The maximum Gasteiger partial charge on any atom is 0.475 e. The Balaban J connectivity index is 2.15. The van der Waals surface area contributed by atoms with Crippen molar-refractivity contribution in [1.29, 1.82) is 0 Å². The highest BCUT2D eigenvalue weighted by Crippen LogP contribution is 2.09. The summed E-state index contributed by atoms with van der Waals surface area (Å²) in [6.07, 6.45) is -0.250. The van der Waals surface area contributed by atoms with Crippen LogP contribution in [0.5, 0.6) is 0 Å². The number of aromatic nitrogens is 1. The zero-order valence-corrected chi connectivity index (χ0v) is 18.8. The van der Waals surface area contributed by atoms with Gasteiger partial charge in [0.2, 0.25) is 0 Å². The summed E-state index contributed by atoms with van der Waals surface area (Å²) in [6, 6.07) is 8.66. The van der Waals surface area contributed by atoms with Gasteiger partial charge in [-0.25, -0.2) is 4.39 Å². The fraction of sp³-hybridized carbons (Fsp3) is 0.364. The van der Waals surface area contributed by atoms with Gasteiger partial charge in [0.25, 0.3) is 18.0 Å². The van der Waals surface area contributed by atoms with Crippen LogP contribution in [-0.2, 0) is 20.7 Å². The van der Waals surface area contributed by atoms with E-state index < -0.39 is 48.9 Å². The molecule has 1 aromatic heterocycles. The number of nitrogens with one attached hydrogen (secondary N) is 2. The zero-order valence-electron chi connectivity index (χ0n) is 18.8. The van der Waals surface area contributed by atoms with Crippen LogP contribution < -0.4 is 16.4 Å². The predicted octanol–water partition coefficient (Wildman–Crippen LogP) is -0.0673. The van der Waals surface area contributed by atoms with Gasteiger partial charge in [0.15, 0.2) is 0 Å². The van der Waals surface area contributed by atoms with Crippen LogP contribution in [0.25, 0.3) is 0 Å². The van der Waals surface area contributed by atoms with Gasteiger partial charge < -0.3 is 31.2 Å². The first-order chi connectivity index (χ1) is 16.1. The first kappa shape index (κ1) is 26.9. The molecule has 2 unspecified atom stereocenters. The largest absolute Gasteiger partial charge is 0.475 e. The molecule has 182 valence electrons. The van der Waals surface area contributed by atoms with E-state index in [9.17, 15) is 28.8 Å². The van der Waals surface area contributed by atoms with Gasteiger partial charge in [-0.3, -0.25) is 19.4 Å². The Morgan fingerprint density at radius 3 is 2.35 bits per heavy atom. The van der Waals surface area contributed by atoms with E-state index in [-0.39, 0.29) is 24.5 Å². The van der Waals surface area contributed by atoms with Crippen molar-refractivity contribution >= 4 is 24.9 Å². The molecule has 1 aromatic carbocycles. The molecule has 10 nitrogen and oxygen atoms in total. The molecule has 12 heteroatoms. The lowest BCUT2D eigenvalue weighted by Crippen LogP contribution is -2.56. The van der Waals surface area contributed by atoms with E-state index in [2.05, 4.69) is 15.6 Å². The first-order valence-corrected chi connectivity index (χ1v) is 10.7. The summed E-state index contributed by atoms with van der Waals surface area (Å²) in [7, 11) is -1.88. The van der Waals surface area contributed by atoms with Gasteiger partial charge in [-0.2, -0.15) is 0 Å². The second kappa shape index (κ2) is 12.8. The minimum atomic E-state index is -1.88. The molecule has 0 fully saturated rings. The minimum Gasteiger partial charge on any atom is -0.431 e. The summed E-state index contributed by atoms with van der Waals surface area (Å²) in [4.78, 5) is 41.8. The number of carbonyl (C=O) groups is 3. The van der Waals surface area contributed by atoms with Gasteiger partial charge in [0, 0.05) is 6.20 Å². The number of esters is 1. The van der Waals surface area contributed by atoms with E-state index in [1.165, 1.54) is 36.5 Å². The Bertz CT molecular complexity index is 962. The quantitative estimate of drug-likeness (QED) is 0.172. The number of ether oxygens (including phenoxy) is 1. The summed E-state index contributed by atoms with van der Waals surface area (Å²) in [6.45, 7) is 3.63. The average molecular weight is 474 g/mol. The monoisotopic (exact) mass is 474 g/mol. The summed E-state index contributed by atoms with van der Waals surface area (Å²) < 4.78 is 18.3. The molecule has 6 N–H and O–H groups in total. The lowest BCUT2D eigenvalue weighted by molar-refractivity contribution is -0.158. The molecular weight excluding hydrogens is 446 g/mol. The van der Waals surface area contributed by atoms with Gasteiger partial charge in [-0.1, -0.05) is 32.0 Å². The van der Waals surface area contributed by atoms with Gasteiger partial charge >= 0.3 is 13.1 Å². The first-order valence-electron chi connectivity index (χ1n) is 10.7. The molecule has 0 aliphatic heterocycles. The van der Waals surface area contributed by atoms with Crippen LogP contribution in [0.4, 0.5) is 4.39 Å². The molecule has 2 amide bonds. The highest BCUT2D eigenvalue weighted by atomic mass is 19.1. The van der Waals surface area contributed by atoms with Crippen molar-refractivity contribution in [3.05, 3.63) is 65.7 Å². The topological polar surface area (TPSA) is 164 Å². The lowest BCUT2D eigenvalue weighted by atomic mass is 9.75. The Morgan fingerprint density at radius 1 is 1.12 bits per heavy atom. The van der Waals surface area contributed by atoms with Crippen LogP contribution >= 0.6 is 0 Å². The fourth-order valence-electron chi connectivity index (χ4n) is 3.02. The van der Waals surface area contributed by atoms with Crippen molar-refractivity contribution in [2.45, 2.75) is 44.9 Å². The Hall–Kier alpha value is -3.35. The number of nitrogens with two attached hydrogens (primary N) is 1. The van der Waals surface area contributed by atoms with Crippen molar-refractivity contribution < 1.29 is 33.6 Å². The molecule has 2 aromatic rings. The number of nitrogens with zero attached hydrogens (tertiary/aromatic N) is 1. The van der Waals surface area contributed by atoms with Crippen LogP contribution in [0.1, 0.15) is 36.3 Å². The molecule has 0 aliphatic rings. The molecule has 0 radical (unpaired) electrons. The third-order valence-electron chi connectivity index (χ3n) is 4.72. The van der Waals surface area contributed by atoms with E-state index in [1.54, 1.807) is 12.1 Å². The number of hydrogen-bond acceptors (Lipinski definition) is 8. The second-order valence-corrected chi connectivity index (χ2v) is 8.10. The summed E-state index contributed by atoms with van der Waals surface area (Å²) >= 11 is 0. The normalized spacial score (nSPS) is 13.5. The minimum absolute atomic E-state index is 0.000316. The molecule has 0 aliphatic carbocycles. The molecule has 0 saturated heterocycles.